The molecule has 1 aromatic rings. The van der Waals surface area contributed by atoms with Crippen molar-refractivity contribution in [1.82, 2.24) is 20.1 Å². The molecule has 2 saturated carbocycles. The lowest BCUT2D eigenvalue weighted by Crippen LogP contribution is -2.54. The van der Waals surface area contributed by atoms with Crippen LogP contribution >= 0.6 is 0 Å². The molecule has 0 amide bonds. The number of ether oxygens (including phenoxy) is 1. The number of fused-ring (bicyclic) bond motifs is 3. The second-order valence-electron chi connectivity index (χ2n) is 9.17. The summed E-state index contributed by atoms with van der Waals surface area (Å²) in [6.07, 6.45) is 10.3. The number of hydrogen-bond donors (Lipinski definition) is 1. The Morgan fingerprint density at radius 3 is 2.71 bits per heavy atom. The summed E-state index contributed by atoms with van der Waals surface area (Å²) in [6.45, 7) is 6.83. The average Bonchev–Trinajstić information content (AvgIpc) is 3.34. The molecule has 2 bridgehead atoms. The Labute approximate surface area is 144 Å². The lowest BCUT2D eigenvalue weighted by Gasteiger charge is -2.53. The number of nitrogens with one attached hydrogen (secondary N) is 1. The number of H-pyrrole nitrogens is 1. The molecule has 0 radical (unpaired) electrons. The molecule has 2 aliphatic carbocycles. The van der Waals surface area contributed by atoms with Crippen LogP contribution in [0.5, 0.6) is 0 Å². The molecule has 1 atom stereocenters. The quantitative estimate of drug-likeness (QED) is 0.921. The smallest absolute Gasteiger partial charge is 0.155 e. The van der Waals surface area contributed by atoms with E-state index in [2.05, 4.69) is 22.0 Å². The molecule has 3 aliphatic heterocycles. The summed E-state index contributed by atoms with van der Waals surface area (Å²) in [4.78, 5) is 7.49. The third kappa shape index (κ3) is 2.80. The SMILES string of the molecule is CC12CCC(CN3CCCC(c4n[nH]c(C5CC5)n4)C3)(CC1)CO2. The van der Waals surface area contributed by atoms with Gasteiger partial charge in [0.1, 0.15) is 5.82 Å². The maximum absolute atomic E-state index is 6.20. The number of rotatable bonds is 4. The van der Waals surface area contributed by atoms with Crippen molar-refractivity contribution in [3.05, 3.63) is 11.6 Å². The highest BCUT2D eigenvalue weighted by molar-refractivity contribution is 5.08. The van der Waals surface area contributed by atoms with E-state index < -0.39 is 0 Å². The van der Waals surface area contributed by atoms with Crippen molar-refractivity contribution in [2.24, 2.45) is 5.41 Å². The van der Waals surface area contributed by atoms with Crippen molar-refractivity contribution < 1.29 is 4.74 Å². The molecule has 24 heavy (non-hydrogen) atoms. The van der Waals surface area contributed by atoms with Gasteiger partial charge in [-0.3, -0.25) is 5.10 Å². The highest BCUT2D eigenvalue weighted by atomic mass is 16.5. The molecular weight excluding hydrogens is 300 g/mol. The highest BCUT2D eigenvalue weighted by Crippen LogP contribution is 2.49. The van der Waals surface area contributed by atoms with Crippen LogP contribution in [0, 0.1) is 5.41 Å². The Hall–Kier alpha value is -0.940. The lowest BCUT2D eigenvalue weighted by atomic mass is 9.66. The molecular formula is C19H30N4O. The first-order chi connectivity index (χ1) is 11.6. The van der Waals surface area contributed by atoms with Crippen molar-refractivity contribution in [2.75, 3.05) is 26.2 Å². The molecule has 0 spiro atoms. The van der Waals surface area contributed by atoms with E-state index in [9.17, 15) is 0 Å². The molecule has 1 aromatic heterocycles. The van der Waals surface area contributed by atoms with Crippen LogP contribution in [0.3, 0.4) is 0 Å². The fraction of sp³-hybridized carbons (Fsp3) is 0.895. The molecule has 5 heteroatoms. The minimum atomic E-state index is 0.185. The third-order valence-electron chi connectivity index (χ3n) is 7.01. The van der Waals surface area contributed by atoms with Crippen molar-refractivity contribution in [1.29, 1.82) is 0 Å². The van der Waals surface area contributed by atoms with Gasteiger partial charge in [-0.25, -0.2) is 4.98 Å². The van der Waals surface area contributed by atoms with Gasteiger partial charge >= 0.3 is 0 Å². The first-order valence-electron chi connectivity index (χ1n) is 9.92. The number of likely N-dealkylation sites (tertiary alicyclic amines) is 1. The number of nitrogens with zero attached hydrogens (tertiary/aromatic N) is 3. The predicted molar refractivity (Wildman–Crippen MR) is 92.0 cm³/mol. The molecule has 5 fully saturated rings. The molecule has 3 saturated heterocycles. The summed E-state index contributed by atoms with van der Waals surface area (Å²) in [5.41, 5.74) is 0.599. The highest BCUT2D eigenvalue weighted by Gasteiger charge is 2.48. The van der Waals surface area contributed by atoms with Gasteiger partial charge in [-0.15, -0.1) is 0 Å². The van der Waals surface area contributed by atoms with Gasteiger partial charge in [0.25, 0.3) is 0 Å². The molecule has 0 aromatic carbocycles. The van der Waals surface area contributed by atoms with Crippen LogP contribution < -0.4 is 0 Å². The molecule has 6 rings (SSSR count). The third-order valence-corrected chi connectivity index (χ3v) is 7.01. The van der Waals surface area contributed by atoms with E-state index in [1.165, 1.54) is 64.5 Å². The van der Waals surface area contributed by atoms with Crippen molar-refractivity contribution in [3.63, 3.8) is 0 Å². The fourth-order valence-electron chi connectivity index (χ4n) is 5.02. The summed E-state index contributed by atoms with van der Waals surface area (Å²) >= 11 is 0. The molecule has 4 heterocycles. The monoisotopic (exact) mass is 330 g/mol. The van der Waals surface area contributed by atoms with Crippen LogP contribution in [0.2, 0.25) is 0 Å². The molecule has 1 N–H and O–H groups in total. The molecule has 5 aliphatic rings. The summed E-state index contributed by atoms with van der Waals surface area (Å²) in [5, 5.41) is 7.74. The fourth-order valence-corrected chi connectivity index (χ4v) is 5.02. The van der Waals surface area contributed by atoms with Gasteiger partial charge in [-0.1, -0.05) is 0 Å². The van der Waals surface area contributed by atoms with E-state index in [-0.39, 0.29) is 5.60 Å². The summed E-state index contributed by atoms with van der Waals surface area (Å²) < 4.78 is 6.20. The zero-order chi connectivity index (χ0) is 16.2. The topological polar surface area (TPSA) is 54.0 Å². The Balaban J connectivity index is 1.24. The number of aromatic amines is 1. The number of hydrogen-bond acceptors (Lipinski definition) is 4. The number of piperidine rings is 1. The molecule has 132 valence electrons. The normalized spacial score (nSPS) is 40.1. The van der Waals surface area contributed by atoms with Crippen molar-refractivity contribution in [2.45, 2.75) is 75.7 Å². The maximum Gasteiger partial charge on any atom is 0.155 e. The van der Waals surface area contributed by atoms with Gasteiger partial charge in [0.2, 0.25) is 0 Å². The van der Waals surface area contributed by atoms with E-state index in [1.807, 2.05) is 0 Å². The summed E-state index contributed by atoms with van der Waals surface area (Å²) in [6, 6.07) is 0. The Morgan fingerprint density at radius 1 is 1.17 bits per heavy atom. The Morgan fingerprint density at radius 2 is 2.00 bits per heavy atom. The summed E-state index contributed by atoms with van der Waals surface area (Å²) in [7, 11) is 0. The van der Waals surface area contributed by atoms with Gasteiger partial charge in [0.15, 0.2) is 5.82 Å². The largest absolute Gasteiger partial charge is 0.375 e. The first kappa shape index (κ1) is 15.3. The lowest BCUT2D eigenvalue weighted by molar-refractivity contribution is -0.180. The van der Waals surface area contributed by atoms with Gasteiger partial charge < -0.3 is 9.64 Å². The summed E-state index contributed by atoms with van der Waals surface area (Å²) in [5.74, 6) is 3.38. The minimum absolute atomic E-state index is 0.185. The van der Waals surface area contributed by atoms with E-state index in [4.69, 9.17) is 9.72 Å². The van der Waals surface area contributed by atoms with Crippen LogP contribution in [0.4, 0.5) is 0 Å². The van der Waals surface area contributed by atoms with E-state index in [0.717, 1.165) is 24.8 Å². The van der Waals surface area contributed by atoms with Crippen LogP contribution in [-0.4, -0.2) is 51.9 Å². The predicted octanol–water partition coefficient (Wildman–Crippen LogP) is 3.21. The Kier molecular flexibility index (Phi) is 3.53. The second-order valence-corrected chi connectivity index (χ2v) is 9.17. The maximum atomic E-state index is 6.20. The van der Waals surface area contributed by atoms with Crippen molar-refractivity contribution >= 4 is 0 Å². The molecule has 5 nitrogen and oxygen atoms in total. The van der Waals surface area contributed by atoms with Crippen LogP contribution in [0.15, 0.2) is 0 Å². The van der Waals surface area contributed by atoms with Gasteiger partial charge in [0.05, 0.1) is 12.2 Å². The van der Waals surface area contributed by atoms with Crippen LogP contribution in [-0.2, 0) is 4.74 Å². The van der Waals surface area contributed by atoms with E-state index in [0.29, 0.717) is 17.3 Å². The van der Waals surface area contributed by atoms with Gasteiger partial charge in [-0.2, -0.15) is 5.10 Å². The van der Waals surface area contributed by atoms with E-state index >= 15 is 0 Å². The van der Waals surface area contributed by atoms with Crippen LogP contribution in [0.1, 0.15) is 81.8 Å². The average molecular weight is 330 g/mol. The number of aromatic nitrogens is 3. The van der Waals surface area contributed by atoms with Crippen molar-refractivity contribution in [3.8, 4) is 0 Å². The van der Waals surface area contributed by atoms with Gasteiger partial charge in [0, 0.05) is 30.3 Å². The zero-order valence-electron chi connectivity index (χ0n) is 14.9. The second kappa shape index (κ2) is 5.53. The van der Waals surface area contributed by atoms with E-state index in [1.54, 1.807) is 0 Å². The standard InChI is InChI=1S/C19H30N4O/c1-18-6-8-19(9-7-18,13-24-18)12-23-10-2-3-15(11-23)17-20-16(21-22-17)14-4-5-14/h14-15H,2-13H2,1H3,(H,20,21,22). The molecule has 1 unspecified atom stereocenters. The first-order valence-corrected chi connectivity index (χ1v) is 9.92. The zero-order valence-corrected chi connectivity index (χ0v) is 14.9. The minimum Gasteiger partial charge on any atom is -0.375 e. The Bertz CT molecular complexity index is 584. The van der Waals surface area contributed by atoms with Crippen LogP contribution in [0.25, 0.3) is 0 Å². The van der Waals surface area contributed by atoms with Gasteiger partial charge in [-0.05, 0) is 64.8 Å².